The molecule has 0 aliphatic heterocycles. The number of amides is 1. The molecule has 0 fully saturated rings. The van der Waals surface area contributed by atoms with Crippen molar-refractivity contribution in [3.63, 3.8) is 0 Å². The molecule has 1 aromatic heterocycles. The van der Waals surface area contributed by atoms with Crippen molar-refractivity contribution in [1.82, 2.24) is 10.2 Å². The Kier molecular flexibility index (Phi) is 7.43. The average Bonchev–Trinajstić information content (AvgIpc) is 2.77. The van der Waals surface area contributed by atoms with Crippen LogP contribution in [0, 0.1) is 4.78 Å². The summed E-state index contributed by atoms with van der Waals surface area (Å²) in [5.74, 6) is -1.95. The van der Waals surface area contributed by atoms with E-state index in [-0.39, 0.29) is 22.1 Å². The Morgan fingerprint density at radius 3 is 2.22 bits per heavy atom. The predicted octanol–water partition coefficient (Wildman–Crippen LogP) is 5.52. The monoisotopic (exact) mass is 534 g/mol. The van der Waals surface area contributed by atoms with Crippen molar-refractivity contribution in [2.24, 2.45) is 0 Å². The van der Waals surface area contributed by atoms with Gasteiger partial charge in [-0.3, -0.25) is 4.79 Å². The van der Waals surface area contributed by atoms with Crippen LogP contribution in [0.5, 0.6) is 17.4 Å². The minimum absolute atomic E-state index is 0.0433. The highest BCUT2D eigenvalue weighted by Gasteiger charge is 2.35. The second-order valence-corrected chi connectivity index (χ2v) is 9.41. The van der Waals surface area contributed by atoms with Crippen LogP contribution >= 0.6 is 0 Å². The molecule has 0 spiro atoms. The van der Waals surface area contributed by atoms with Crippen LogP contribution in [0.4, 0.5) is 32.0 Å². The molecule has 192 valence electrons. The number of benzene rings is 2. The van der Waals surface area contributed by atoms with Gasteiger partial charge in [0.1, 0.15) is 17.1 Å². The smallest absolute Gasteiger partial charge is 0.435 e. The standard InChI is InChI=1S/C21H16F6N4O4S/c1-36(28,33)15-4-2-3-12(9-15)29-18(32)16-10-17(21(25,26)27)30-31-19(16)35-14-7-5-13(6-8-14)34-11-20(22,23)24/h2-10,28H,11H2,1H3,(H,29,32). The largest absolute Gasteiger partial charge is 0.484 e. The van der Waals surface area contributed by atoms with Gasteiger partial charge < -0.3 is 14.8 Å². The lowest BCUT2D eigenvalue weighted by Crippen LogP contribution is -2.19. The number of anilines is 1. The van der Waals surface area contributed by atoms with Crippen LogP contribution in [0.1, 0.15) is 16.1 Å². The van der Waals surface area contributed by atoms with Crippen molar-refractivity contribution < 1.29 is 44.8 Å². The summed E-state index contributed by atoms with van der Waals surface area (Å²) < 4.78 is 106. The molecule has 36 heavy (non-hydrogen) atoms. The Bertz CT molecular complexity index is 1360. The summed E-state index contributed by atoms with van der Waals surface area (Å²) in [5.41, 5.74) is -2.10. The van der Waals surface area contributed by atoms with Crippen LogP contribution in [0.2, 0.25) is 0 Å². The molecule has 0 saturated carbocycles. The average molecular weight is 534 g/mol. The molecule has 1 amide bonds. The Balaban J connectivity index is 1.89. The van der Waals surface area contributed by atoms with Gasteiger partial charge in [0.15, 0.2) is 12.3 Å². The van der Waals surface area contributed by atoms with Gasteiger partial charge in [0, 0.05) is 16.8 Å². The number of hydrogen-bond donors (Lipinski definition) is 2. The lowest BCUT2D eigenvalue weighted by atomic mass is 10.2. The van der Waals surface area contributed by atoms with Gasteiger partial charge in [-0.05, 0) is 48.5 Å². The highest BCUT2D eigenvalue weighted by molar-refractivity contribution is 7.91. The summed E-state index contributed by atoms with van der Waals surface area (Å²) in [6, 6.07) is 10.3. The van der Waals surface area contributed by atoms with Crippen LogP contribution in [0.15, 0.2) is 59.5 Å². The van der Waals surface area contributed by atoms with Gasteiger partial charge in [0.2, 0.25) is 0 Å². The molecule has 0 saturated heterocycles. The van der Waals surface area contributed by atoms with E-state index in [1.165, 1.54) is 24.3 Å². The molecule has 3 rings (SSSR count). The van der Waals surface area contributed by atoms with Gasteiger partial charge in [-0.25, -0.2) is 8.99 Å². The summed E-state index contributed by atoms with van der Waals surface area (Å²) in [7, 11) is -3.14. The first kappa shape index (κ1) is 26.7. The third kappa shape index (κ3) is 7.31. The van der Waals surface area contributed by atoms with E-state index in [1.807, 2.05) is 0 Å². The molecule has 3 aromatic rings. The summed E-state index contributed by atoms with van der Waals surface area (Å²) in [6.45, 7) is -1.53. The molecule has 15 heteroatoms. The van der Waals surface area contributed by atoms with Crippen molar-refractivity contribution in [3.05, 3.63) is 65.9 Å². The molecule has 2 aromatic carbocycles. The molecule has 0 aliphatic rings. The Hall–Kier alpha value is -3.88. The molecule has 1 unspecified atom stereocenters. The second kappa shape index (κ2) is 10.0. The van der Waals surface area contributed by atoms with E-state index in [9.17, 15) is 35.3 Å². The van der Waals surface area contributed by atoms with E-state index in [2.05, 4.69) is 20.3 Å². The maximum Gasteiger partial charge on any atom is 0.435 e. The van der Waals surface area contributed by atoms with Crippen LogP contribution in [0.3, 0.4) is 0 Å². The number of ether oxygens (including phenoxy) is 2. The zero-order valence-corrected chi connectivity index (χ0v) is 18.9. The summed E-state index contributed by atoms with van der Waals surface area (Å²) in [6.07, 6.45) is -8.33. The number of carbonyl (C=O) groups is 1. The maximum atomic E-state index is 13.2. The fourth-order valence-electron chi connectivity index (χ4n) is 2.65. The van der Waals surface area contributed by atoms with Crippen LogP contribution in [-0.2, 0) is 15.9 Å². The van der Waals surface area contributed by atoms with Crippen molar-refractivity contribution in [2.45, 2.75) is 17.2 Å². The first-order valence-corrected chi connectivity index (χ1v) is 11.7. The Morgan fingerprint density at radius 1 is 1.00 bits per heavy atom. The molecule has 8 nitrogen and oxygen atoms in total. The van der Waals surface area contributed by atoms with Crippen LogP contribution in [0.25, 0.3) is 0 Å². The molecule has 0 aliphatic carbocycles. The Labute approximate surface area is 200 Å². The van der Waals surface area contributed by atoms with E-state index in [0.29, 0.717) is 6.07 Å². The summed E-state index contributed by atoms with van der Waals surface area (Å²) in [5, 5.41) is 8.69. The molecule has 1 atom stereocenters. The number of aromatic nitrogens is 2. The van der Waals surface area contributed by atoms with Crippen molar-refractivity contribution in [1.29, 1.82) is 4.78 Å². The zero-order valence-electron chi connectivity index (χ0n) is 18.1. The van der Waals surface area contributed by atoms with Gasteiger partial charge in [0.25, 0.3) is 11.8 Å². The summed E-state index contributed by atoms with van der Waals surface area (Å²) in [4.78, 5) is 12.9. The number of hydrogen-bond acceptors (Lipinski definition) is 7. The first-order valence-electron chi connectivity index (χ1n) is 9.69. The number of nitrogens with one attached hydrogen (secondary N) is 2. The van der Waals surface area contributed by atoms with Crippen LogP contribution < -0.4 is 14.8 Å². The third-order valence-corrected chi connectivity index (χ3v) is 5.43. The topological polar surface area (TPSA) is 114 Å². The highest BCUT2D eigenvalue weighted by atomic mass is 32.2. The lowest BCUT2D eigenvalue weighted by Gasteiger charge is -2.13. The van der Waals surface area contributed by atoms with Gasteiger partial charge in [-0.1, -0.05) is 6.07 Å². The number of alkyl halides is 6. The van der Waals surface area contributed by atoms with E-state index in [4.69, 9.17) is 9.52 Å². The van der Waals surface area contributed by atoms with Gasteiger partial charge in [0.05, 0.1) is 9.73 Å². The zero-order chi connectivity index (χ0) is 26.7. The number of halogens is 6. The molecule has 0 radical (unpaired) electrons. The fourth-order valence-corrected chi connectivity index (χ4v) is 3.34. The van der Waals surface area contributed by atoms with E-state index >= 15 is 0 Å². The lowest BCUT2D eigenvalue weighted by molar-refractivity contribution is -0.153. The van der Waals surface area contributed by atoms with Crippen molar-refractivity contribution in [2.75, 3.05) is 18.2 Å². The fraction of sp³-hybridized carbons (Fsp3) is 0.190. The second-order valence-electron chi connectivity index (χ2n) is 7.25. The van der Waals surface area contributed by atoms with Crippen LogP contribution in [-0.4, -0.2) is 39.4 Å². The predicted molar refractivity (Wildman–Crippen MR) is 115 cm³/mol. The maximum absolute atomic E-state index is 13.2. The van der Waals surface area contributed by atoms with Gasteiger partial charge in [-0.15, -0.1) is 10.2 Å². The normalized spacial score (nSPS) is 13.5. The Morgan fingerprint density at radius 2 is 1.64 bits per heavy atom. The molecule has 1 heterocycles. The van der Waals surface area contributed by atoms with E-state index in [1.54, 1.807) is 0 Å². The van der Waals surface area contributed by atoms with Gasteiger partial charge >= 0.3 is 12.4 Å². The number of carbonyl (C=O) groups excluding carboxylic acids is 1. The SMILES string of the molecule is CS(=N)(=O)c1cccc(NC(=O)c2cc(C(F)(F)F)nnc2Oc2ccc(OCC(F)(F)F)cc2)c1. The molecule has 2 N–H and O–H groups in total. The minimum Gasteiger partial charge on any atom is -0.484 e. The molecular formula is C21H16F6N4O4S. The minimum atomic E-state index is -4.93. The molecular weight excluding hydrogens is 518 g/mol. The third-order valence-electron chi connectivity index (χ3n) is 4.28. The number of rotatable bonds is 7. The first-order chi connectivity index (χ1) is 16.6. The van der Waals surface area contributed by atoms with E-state index in [0.717, 1.165) is 30.5 Å². The highest BCUT2D eigenvalue weighted by Crippen LogP contribution is 2.32. The van der Waals surface area contributed by atoms with E-state index < -0.39 is 51.7 Å². The van der Waals surface area contributed by atoms with Crippen molar-refractivity contribution >= 4 is 21.3 Å². The quantitative estimate of drug-likeness (QED) is 0.386. The molecule has 0 bridgehead atoms. The number of nitrogens with zero attached hydrogens (tertiary/aromatic N) is 2. The van der Waals surface area contributed by atoms with Gasteiger partial charge in [-0.2, -0.15) is 26.3 Å². The summed E-state index contributed by atoms with van der Waals surface area (Å²) >= 11 is 0. The van der Waals surface area contributed by atoms with Crippen molar-refractivity contribution in [3.8, 4) is 17.4 Å².